The number of methoxy groups -OCH3 is 1. The van der Waals surface area contributed by atoms with Gasteiger partial charge in [-0.05, 0) is 13.3 Å². The van der Waals surface area contributed by atoms with Gasteiger partial charge in [-0.15, -0.1) is 0 Å². The molecule has 0 radical (unpaired) electrons. The van der Waals surface area contributed by atoms with Crippen molar-refractivity contribution >= 4 is 11.8 Å². The Morgan fingerprint density at radius 1 is 1.58 bits per heavy atom. The number of esters is 1. The van der Waals surface area contributed by atoms with Crippen molar-refractivity contribution in [1.82, 2.24) is 9.97 Å². The van der Waals surface area contributed by atoms with E-state index >= 15 is 0 Å². The number of rotatable bonds is 5. The molecule has 6 heteroatoms. The van der Waals surface area contributed by atoms with Crippen LogP contribution in [0.3, 0.4) is 0 Å². The van der Waals surface area contributed by atoms with Crippen molar-refractivity contribution in [3.63, 3.8) is 0 Å². The molecule has 0 saturated heterocycles. The Bertz CT molecular complexity index is 472. The first-order chi connectivity index (χ1) is 9.01. The van der Waals surface area contributed by atoms with Crippen LogP contribution in [0, 0.1) is 0 Å². The topological polar surface area (TPSA) is 104 Å². The summed E-state index contributed by atoms with van der Waals surface area (Å²) in [4.78, 5) is 19.7. The Balaban J connectivity index is 3.18. The third-order valence-electron chi connectivity index (χ3n) is 2.69. The van der Waals surface area contributed by atoms with Gasteiger partial charge in [0.25, 0.3) is 0 Å². The number of nitrogen functional groups attached to an aromatic ring is 1. The Hall–Kier alpha value is -1.95. The summed E-state index contributed by atoms with van der Waals surface area (Å²) in [6, 6.07) is -0.147. The smallest absolute Gasteiger partial charge is 0.360 e. The summed E-state index contributed by atoms with van der Waals surface area (Å²) in [6.45, 7) is 3.91. The van der Waals surface area contributed by atoms with Crippen molar-refractivity contribution in [1.29, 1.82) is 0 Å². The molecule has 0 bridgehead atoms. The number of carbonyl (C=O) groups excluding carboxylic acids is 1. The lowest BCUT2D eigenvalue weighted by Gasteiger charge is -2.17. The molecule has 4 N–H and O–H groups in total. The summed E-state index contributed by atoms with van der Waals surface area (Å²) in [6.07, 6.45) is 6.40. The summed E-state index contributed by atoms with van der Waals surface area (Å²) in [5.74, 6) is -0.662. The lowest BCUT2D eigenvalue weighted by Crippen LogP contribution is -2.25. The van der Waals surface area contributed by atoms with Crippen molar-refractivity contribution in [3.05, 3.63) is 29.7 Å². The molecule has 0 fully saturated rings. The first-order valence-corrected chi connectivity index (χ1v) is 6.14. The summed E-state index contributed by atoms with van der Waals surface area (Å²) in [7, 11) is 1.27. The maximum Gasteiger partial charge on any atom is 0.360 e. The Morgan fingerprint density at radius 2 is 2.26 bits per heavy atom. The van der Waals surface area contributed by atoms with E-state index in [0.29, 0.717) is 5.69 Å². The molecule has 0 aliphatic carbocycles. The molecule has 1 rings (SSSR count). The first kappa shape index (κ1) is 15.1. The average Bonchev–Trinajstić information content (AvgIpc) is 2.39. The molecule has 1 aromatic heterocycles. The minimum atomic E-state index is -0.602. The van der Waals surface area contributed by atoms with Crippen LogP contribution in [0.1, 0.15) is 42.4 Å². The van der Waals surface area contributed by atoms with Gasteiger partial charge in [0.05, 0.1) is 19.0 Å². The molecule has 1 aromatic rings. The zero-order valence-electron chi connectivity index (χ0n) is 11.5. The van der Waals surface area contributed by atoms with Gasteiger partial charge in [0.1, 0.15) is 0 Å². The molecule has 1 heterocycles. The number of ether oxygens (including phenoxy) is 1. The van der Waals surface area contributed by atoms with E-state index in [2.05, 4.69) is 14.7 Å². The van der Waals surface area contributed by atoms with E-state index in [1.54, 1.807) is 0 Å². The van der Waals surface area contributed by atoms with Gasteiger partial charge in [-0.25, -0.2) is 14.8 Å². The number of hydrogen-bond donors (Lipinski definition) is 2. The van der Waals surface area contributed by atoms with Gasteiger partial charge in [0, 0.05) is 12.0 Å². The Labute approximate surface area is 112 Å². The van der Waals surface area contributed by atoms with Crippen molar-refractivity contribution < 1.29 is 9.53 Å². The normalized spacial score (nSPS) is 14.3. The predicted molar refractivity (Wildman–Crippen MR) is 73.6 cm³/mol. The highest BCUT2D eigenvalue weighted by Crippen LogP contribution is 2.20. The van der Waals surface area contributed by atoms with E-state index in [9.17, 15) is 4.79 Å². The van der Waals surface area contributed by atoms with Crippen LogP contribution in [-0.2, 0) is 4.74 Å². The van der Waals surface area contributed by atoms with Crippen LogP contribution in [0.4, 0.5) is 5.82 Å². The summed E-state index contributed by atoms with van der Waals surface area (Å²) >= 11 is 0. The van der Waals surface area contributed by atoms with E-state index in [1.807, 2.05) is 26.0 Å². The molecular weight excluding hydrogens is 244 g/mol. The second-order valence-corrected chi connectivity index (χ2v) is 4.24. The number of carbonyl (C=O) groups is 1. The minimum Gasteiger partial charge on any atom is -0.464 e. The fraction of sp³-hybridized carbons (Fsp3) is 0.462. The molecule has 104 valence electrons. The van der Waals surface area contributed by atoms with Gasteiger partial charge < -0.3 is 16.2 Å². The van der Waals surface area contributed by atoms with E-state index in [4.69, 9.17) is 11.5 Å². The predicted octanol–water partition coefficient (Wildman–Crippen LogP) is 1.24. The lowest BCUT2D eigenvalue weighted by molar-refractivity contribution is 0.0594. The fourth-order valence-electron chi connectivity index (χ4n) is 1.65. The molecule has 0 aromatic carbocycles. The number of nitrogens with zero attached hydrogens (tertiary/aromatic N) is 2. The fourth-order valence-corrected chi connectivity index (χ4v) is 1.65. The standard InChI is InChI=1S/C13H20N4O2/c1-4-5-6-9(8(2)14)10-7-16-12(15)11(17-10)13(18)19-3/h5-9H,4,14H2,1-3H3,(H2,15,16)/b6-5-. The van der Waals surface area contributed by atoms with Crippen molar-refractivity contribution in [2.24, 2.45) is 5.73 Å². The highest BCUT2D eigenvalue weighted by molar-refractivity contribution is 5.91. The van der Waals surface area contributed by atoms with E-state index in [0.717, 1.165) is 6.42 Å². The summed E-state index contributed by atoms with van der Waals surface area (Å²) < 4.78 is 4.62. The second-order valence-electron chi connectivity index (χ2n) is 4.24. The number of anilines is 1. The third-order valence-corrected chi connectivity index (χ3v) is 2.69. The Morgan fingerprint density at radius 3 is 2.79 bits per heavy atom. The number of nitrogens with two attached hydrogens (primary N) is 2. The molecule has 0 spiro atoms. The van der Waals surface area contributed by atoms with Gasteiger partial charge in [0.2, 0.25) is 0 Å². The van der Waals surface area contributed by atoms with E-state index in [1.165, 1.54) is 13.3 Å². The second kappa shape index (κ2) is 6.84. The highest BCUT2D eigenvalue weighted by atomic mass is 16.5. The van der Waals surface area contributed by atoms with E-state index < -0.39 is 5.97 Å². The molecule has 0 aliphatic heterocycles. The number of hydrogen-bond acceptors (Lipinski definition) is 6. The molecular formula is C13H20N4O2. The van der Waals surface area contributed by atoms with Crippen LogP contribution in [0.2, 0.25) is 0 Å². The quantitative estimate of drug-likeness (QED) is 0.612. The average molecular weight is 264 g/mol. The van der Waals surface area contributed by atoms with Crippen LogP contribution >= 0.6 is 0 Å². The van der Waals surface area contributed by atoms with Crippen molar-refractivity contribution in [2.45, 2.75) is 32.2 Å². The van der Waals surface area contributed by atoms with Gasteiger partial charge in [-0.1, -0.05) is 19.1 Å². The van der Waals surface area contributed by atoms with Crippen LogP contribution < -0.4 is 11.5 Å². The molecule has 0 saturated carbocycles. The maximum absolute atomic E-state index is 11.5. The molecule has 19 heavy (non-hydrogen) atoms. The summed E-state index contributed by atoms with van der Waals surface area (Å²) in [5.41, 5.74) is 12.2. The van der Waals surface area contributed by atoms with Gasteiger partial charge in [0.15, 0.2) is 11.5 Å². The maximum atomic E-state index is 11.5. The summed E-state index contributed by atoms with van der Waals surface area (Å²) in [5, 5.41) is 0. The minimum absolute atomic E-state index is 0.0237. The lowest BCUT2D eigenvalue weighted by atomic mass is 9.97. The Kier molecular flexibility index (Phi) is 5.44. The number of allylic oxidation sites excluding steroid dienone is 1. The van der Waals surface area contributed by atoms with Crippen LogP contribution in [0.25, 0.3) is 0 Å². The molecule has 0 amide bonds. The monoisotopic (exact) mass is 264 g/mol. The highest BCUT2D eigenvalue weighted by Gasteiger charge is 2.20. The van der Waals surface area contributed by atoms with Gasteiger partial charge >= 0.3 is 5.97 Å². The first-order valence-electron chi connectivity index (χ1n) is 6.14. The van der Waals surface area contributed by atoms with Crippen molar-refractivity contribution in [2.75, 3.05) is 12.8 Å². The largest absolute Gasteiger partial charge is 0.464 e. The van der Waals surface area contributed by atoms with Crippen LogP contribution in [0.15, 0.2) is 18.3 Å². The van der Waals surface area contributed by atoms with E-state index in [-0.39, 0.29) is 23.5 Å². The van der Waals surface area contributed by atoms with Gasteiger partial charge in [-0.3, -0.25) is 0 Å². The molecule has 0 aliphatic rings. The third kappa shape index (κ3) is 3.75. The zero-order valence-corrected chi connectivity index (χ0v) is 11.5. The zero-order chi connectivity index (χ0) is 14.4. The molecule has 2 atom stereocenters. The SMILES string of the molecule is CC/C=C\C(c1cnc(N)c(C(=O)OC)n1)C(C)N. The molecule has 6 nitrogen and oxygen atoms in total. The van der Waals surface area contributed by atoms with Crippen LogP contribution in [-0.4, -0.2) is 29.1 Å². The number of aromatic nitrogens is 2. The van der Waals surface area contributed by atoms with Crippen molar-refractivity contribution in [3.8, 4) is 0 Å². The van der Waals surface area contributed by atoms with Gasteiger partial charge in [-0.2, -0.15) is 0 Å². The molecule has 2 unspecified atom stereocenters. The van der Waals surface area contributed by atoms with Crippen LogP contribution in [0.5, 0.6) is 0 Å².